The van der Waals surface area contributed by atoms with Gasteiger partial charge in [-0.3, -0.25) is 4.79 Å². The number of carbonyl (C=O) groups excluding carboxylic acids is 1. The van der Waals surface area contributed by atoms with Crippen molar-refractivity contribution in [3.63, 3.8) is 0 Å². The third kappa shape index (κ3) is 4.11. The van der Waals surface area contributed by atoms with Gasteiger partial charge in [0.05, 0.1) is 37.0 Å². The molecule has 0 heterocycles. The summed E-state index contributed by atoms with van der Waals surface area (Å²) in [6, 6.07) is 10.8. The lowest BCUT2D eigenvalue weighted by molar-refractivity contribution is -0.115. The molecular weight excluding hydrogens is 328 g/mol. The minimum atomic E-state index is -0.160. The number of para-hydroxylation sites is 1. The number of halogens is 1. The van der Waals surface area contributed by atoms with Crippen molar-refractivity contribution >= 4 is 28.9 Å². The van der Waals surface area contributed by atoms with Crippen molar-refractivity contribution in [3.05, 3.63) is 47.0 Å². The molecule has 0 aliphatic rings. The van der Waals surface area contributed by atoms with Gasteiger partial charge in [-0.15, -0.1) is 0 Å². The fourth-order valence-electron chi connectivity index (χ4n) is 2.46. The fraction of sp³-hybridized carbons (Fsp3) is 0.278. The molecule has 0 saturated heterocycles. The monoisotopic (exact) mass is 348 g/mol. The van der Waals surface area contributed by atoms with Crippen LogP contribution in [-0.2, 0) is 11.2 Å². The van der Waals surface area contributed by atoms with E-state index in [0.717, 1.165) is 11.3 Å². The molecule has 0 spiro atoms. The number of nitrogens with one attached hydrogen (secondary N) is 1. The number of benzene rings is 2. The van der Waals surface area contributed by atoms with E-state index < -0.39 is 0 Å². The lowest BCUT2D eigenvalue weighted by Crippen LogP contribution is -2.18. The van der Waals surface area contributed by atoms with E-state index in [-0.39, 0.29) is 12.3 Å². The van der Waals surface area contributed by atoms with Gasteiger partial charge in [0.25, 0.3) is 0 Å². The number of carbonyl (C=O) groups is 1. The number of hydrogen-bond acceptors (Lipinski definition) is 4. The summed E-state index contributed by atoms with van der Waals surface area (Å²) in [5.74, 6) is 1.16. The van der Waals surface area contributed by atoms with Crippen molar-refractivity contribution in [2.24, 2.45) is 0 Å². The van der Waals surface area contributed by atoms with Gasteiger partial charge in [-0.05, 0) is 30.3 Å². The van der Waals surface area contributed by atoms with E-state index in [0.29, 0.717) is 22.2 Å². The zero-order chi connectivity index (χ0) is 17.7. The summed E-state index contributed by atoms with van der Waals surface area (Å²) in [4.78, 5) is 14.3. The molecule has 128 valence electrons. The van der Waals surface area contributed by atoms with E-state index in [9.17, 15) is 4.79 Å². The number of nitrogens with zero attached hydrogens (tertiary/aromatic N) is 1. The van der Waals surface area contributed by atoms with Crippen LogP contribution in [0.25, 0.3) is 0 Å². The zero-order valence-corrected chi connectivity index (χ0v) is 15.0. The second-order valence-electron chi connectivity index (χ2n) is 5.43. The average Bonchev–Trinajstić information content (AvgIpc) is 2.54. The summed E-state index contributed by atoms with van der Waals surface area (Å²) >= 11 is 6.23. The SMILES string of the molecule is COc1ccc(OC)c(CC(=O)Nc2cccc(Cl)c2N(C)C)c1. The van der Waals surface area contributed by atoms with Crippen molar-refractivity contribution in [3.8, 4) is 11.5 Å². The summed E-state index contributed by atoms with van der Waals surface area (Å²) in [7, 11) is 6.91. The Balaban J connectivity index is 2.22. The Morgan fingerprint density at radius 3 is 2.54 bits per heavy atom. The lowest BCUT2D eigenvalue weighted by atomic mass is 10.1. The largest absolute Gasteiger partial charge is 0.497 e. The molecular formula is C18H21ClN2O3. The van der Waals surface area contributed by atoms with E-state index in [2.05, 4.69) is 5.32 Å². The molecule has 0 aliphatic carbocycles. The quantitative estimate of drug-likeness (QED) is 0.866. The summed E-state index contributed by atoms with van der Waals surface area (Å²) < 4.78 is 10.5. The molecule has 6 heteroatoms. The van der Waals surface area contributed by atoms with Crippen LogP contribution in [0.5, 0.6) is 11.5 Å². The Hall–Kier alpha value is -2.40. The van der Waals surface area contributed by atoms with E-state index in [1.54, 1.807) is 44.6 Å². The fourth-order valence-corrected chi connectivity index (χ4v) is 2.80. The Morgan fingerprint density at radius 1 is 1.17 bits per heavy atom. The van der Waals surface area contributed by atoms with Crippen LogP contribution in [0.15, 0.2) is 36.4 Å². The topological polar surface area (TPSA) is 50.8 Å². The Bertz CT molecular complexity index is 732. The van der Waals surface area contributed by atoms with Crippen LogP contribution < -0.4 is 19.7 Å². The lowest BCUT2D eigenvalue weighted by Gasteiger charge is -2.19. The third-order valence-electron chi connectivity index (χ3n) is 3.55. The predicted octanol–water partition coefficient (Wildman–Crippen LogP) is 3.60. The predicted molar refractivity (Wildman–Crippen MR) is 97.7 cm³/mol. The molecule has 2 aromatic carbocycles. The van der Waals surface area contributed by atoms with Gasteiger partial charge >= 0.3 is 0 Å². The van der Waals surface area contributed by atoms with Crippen LogP contribution in [0.4, 0.5) is 11.4 Å². The highest BCUT2D eigenvalue weighted by Crippen LogP contribution is 2.33. The summed E-state index contributed by atoms with van der Waals surface area (Å²) in [5, 5.41) is 3.49. The van der Waals surface area contributed by atoms with E-state index >= 15 is 0 Å². The molecule has 0 bridgehead atoms. The first-order chi connectivity index (χ1) is 11.5. The zero-order valence-electron chi connectivity index (χ0n) is 14.2. The molecule has 0 unspecified atom stereocenters. The molecule has 2 rings (SSSR count). The smallest absolute Gasteiger partial charge is 0.228 e. The molecule has 1 N–H and O–H groups in total. The van der Waals surface area contributed by atoms with Crippen molar-refractivity contribution in [2.75, 3.05) is 38.5 Å². The number of anilines is 2. The third-order valence-corrected chi connectivity index (χ3v) is 3.85. The number of hydrogen-bond donors (Lipinski definition) is 1. The second kappa shape index (κ2) is 7.93. The number of rotatable bonds is 6. The van der Waals surface area contributed by atoms with Crippen LogP contribution >= 0.6 is 11.6 Å². The van der Waals surface area contributed by atoms with Gasteiger partial charge in [-0.1, -0.05) is 17.7 Å². The van der Waals surface area contributed by atoms with Crippen molar-refractivity contribution in [2.45, 2.75) is 6.42 Å². The molecule has 0 aliphatic heterocycles. The second-order valence-corrected chi connectivity index (χ2v) is 5.84. The molecule has 1 amide bonds. The standard InChI is InChI=1S/C18H21ClN2O3/c1-21(2)18-14(19)6-5-7-15(18)20-17(22)11-12-10-13(23-3)8-9-16(12)24-4/h5-10H,11H2,1-4H3,(H,20,22). The van der Waals surface area contributed by atoms with Crippen LogP contribution in [-0.4, -0.2) is 34.2 Å². The van der Waals surface area contributed by atoms with Gasteiger partial charge < -0.3 is 19.7 Å². The van der Waals surface area contributed by atoms with Crippen molar-refractivity contribution in [1.82, 2.24) is 0 Å². The van der Waals surface area contributed by atoms with Gasteiger partial charge in [0.1, 0.15) is 11.5 Å². The first-order valence-corrected chi connectivity index (χ1v) is 7.80. The van der Waals surface area contributed by atoms with Crippen molar-refractivity contribution < 1.29 is 14.3 Å². The first kappa shape index (κ1) is 17.9. The van der Waals surface area contributed by atoms with Gasteiger partial charge in [-0.25, -0.2) is 0 Å². The Morgan fingerprint density at radius 2 is 1.92 bits per heavy atom. The Labute approximate surface area is 147 Å². The number of ether oxygens (including phenoxy) is 2. The van der Waals surface area contributed by atoms with Crippen LogP contribution in [0.3, 0.4) is 0 Å². The van der Waals surface area contributed by atoms with E-state index in [1.807, 2.05) is 25.1 Å². The maximum atomic E-state index is 12.5. The summed E-state index contributed by atoms with van der Waals surface area (Å²) in [5.41, 5.74) is 2.19. The van der Waals surface area contributed by atoms with Gasteiger partial charge in [0.2, 0.25) is 5.91 Å². The van der Waals surface area contributed by atoms with Gasteiger partial charge in [0, 0.05) is 19.7 Å². The normalized spacial score (nSPS) is 10.2. The molecule has 0 atom stereocenters. The van der Waals surface area contributed by atoms with Gasteiger partial charge in [-0.2, -0.15) is 0 Å². The molecule has 0 radical (unpaired) electrons. The van der Waals surface area contributed by atoms with E-state index in [4.69, 9.17) is 21.1 Å². The highest BCUT2D eigenvalue weighted by molar-refractivity contribution is 6.34. The molecule has 24 heavy (non-hydrogen) atoms. The highest BCUT2D eigenvalue weighted by Gasteiger charge is 2.14. The van der Waals surface area contributed by atoms with Crippen LogP contribution in [0.1, 0.15) is 5.56 Å². The molecule has 0 saturated carbocycles. The molecule has 5 nitrogen and oxygen atoms in total. The Kier molecular flexibility index (Phi) is 5.93. The van der Waals surface area contributed by atoms with E-state index in [1.165, 1.54) is 0 Å². The summed E-state index contributed by atoms with van der Waals surface area (Å²) in [6.07, 6.45) is 0.166. The first-order valence-electron chi connectivity index (χ1n) is 7.43. The van der Waals surface area contributed by atoms with Crippen LogP contribution in [0.2, 0.25) is 5.02 Å². The number of methoxy groups -OCH3 is 2. The molecule has 2 aromatic rings. The summed E-state index contributed by atoms with van der Waals surface area (Å²) in [6.45, 7) is 0. The molecule has 0 fully saturated rings. The van der Waals surface area contributed by atoms with Crippen LogP contribution in [0, 0.1) is 0 Å². The van der Waals surface area contributed by atoms with Crippen molar-refractivity contribution in [1.29, 1.82) is 0 Å². The average molecular weight is 349 g/mol. The maximum Gasteiger partial charge on any atom is 0.228 e. The molecule has 0 aromatic heterocycles. The van der Waals surface area contributed by atoms with Gasteiger partial charge in [0.15, 0.2) is 0 Å². The highest BCUT2D eigenvalue weighted by atomic mass is 35.5. The minimum absolute atomic E-state index is 0.160. The maximum absolute atomic E-state index is 12.5. The minimum Gasteiger partial charge on any atom is -0.497 e. The number of amides is 1.